The molecule has 0 N–H and O–H groups in total. The summed E-state index contributed by atoms with van der Waals surface area (Å²) < 4.78 is 0.492. The molecule has 0 saturated carbocycles. The third-order valence-corrected chi connectivity index (χ3v) is 16.5. The van der Waals surface area contributed by atoms with Gasteiger partial charge in [-0.3, -0.25) is 0 Å². The minimum atomic E-state index is -0.690. The molecule has 234 valence electrons. The van der Waals surface area contributed by atoms with Crippen LogP contribution in [0.4, 0.5) is 0 Å². The van der Waals surface area contributed by atoms with E-state index in [9.17, 15) is 0 Å². The van der Waals surface area contributed by atoms with E-state index in [0.717, 1.165) is 0 Å². The molecule has 2 aromatic rings. The molecule has 42 heavy (non-hydrogen) atoms. The quantitative estimate of drug-likeness (QED) is 0.285. The van der Waals surface area contributed by atoms with Crippen molar-refractivity contribution in [3.63, 3.8) is 0 Å². The van der Waals surface area contributed by atoms with E-state index in [4.69, 9.17) is 23.2 Å². The van der Waals surface area contributed by atoms with E-state index in [-0.39, 0.29) is 32.5 Å². The highest BCUT2D eigenvalue weighted by molar-refractivity contribution is 8.56. The second-order valence-corrected chi connectivity index (χ2v) is 25.3. The van der Waals surface area contributed by atoms with Gasteiger partial charge < -0.3 is 0 Å². The molecular weight excluding hydrogens is 589 g/mol. The van der Waals surface area contributed by atoms with Gasteiger partial charge in [0.1, 0.15) is 4.49 Å². The van der Waals surface area contributed by atoms with E-state index in [1.165, 1.54) is 49.0 Å². The molecule has 1 heterocycles. The zero-order chi connectivity index (χ0) is 32.8. The number of rotatable bonds is 2. The van der Waals surface area contributed by atoms with Gasteiger partial charge in [0, 0.05) is 5.06 Å². The molecule has 2 unspecified atom stereocenters. The van der Waals surface area contributed by atoms with Crippen LogP contribution in [-0.2, 0) is 32.5 Å². The first-order valence-electron chi connectivity index (χ1n) is 15.5. The fourth-order valence-corrected chi connectivity index (χ4v) is 16.6. The Bertz CT molecular complexity index is 1210. The zero-order valence-electron chi connectivity index (χ0n) is 30.0. The van der Waals surface area contributed by atoms with E-state index in [1.54, 1.807) is 0 Å². The Labute approximate surface area is 272 Å². The van der Waals surface area contributed by atoms with Crippen LogP contribution in [-0.4, -0.2) is 0 Å². The molecule has 4 heteroatoms. The summed E-state index contributed by atoms with van der Waals surface area (Å²) in [5.41, 5.74) is 8.74. The fourth-order valence-electron chi connectivity index (χ4n) is 5.59. The lowest BCUT2D eigenvalue weighted by molar-refractivity contribution is 0.553. The summed E-state index contributed by atoms with van der Waals surface area (Å²) in [4.78, 5) is 0. The lowest BCUT2D eigenvalue weighted by Gasteiger charge is -2.35. The van der Waals surface area contributed by atoms with Gasteiger partial charge >= 0.3 is 0 Å². The Morgan fingerprint density at radius 3 is 0.762 bits per heavy atom. The number of benzene rings is 2. The van der Waals surface area contributed by atoms with Gasteiger partial charge in [-0.25, -0.2) is 0 Å². The maximum absolute atomic E-state index is 6.92. The van der Waals surface area contributed by atoms with Crippen molar-refractivity contribution in [1.82, 2.24) is 0 Å². The Morgan fingerprint density at radius 2 is 0.619 bits per heavy atom. The van der Waals surface area contributed by atoms with Crippen molar-refractivity contribution in [2.75, 3.05) is 0 Å². The highest BCUT2D eigenvalue weighted by Crippen LogP contribution is 2.99. The minimum Gasteiger partial charge on any atom is -0.0701 e. The average molecular weight is 648 g/mol. The molecular formula is C38H58Cl2P2. The van der Waals surface area contributed by atoms with Crippen molar-refractivity contribution >= 4 is 49.0 Å². The molecule has 0 bridgehead atoms. The van der Waals surface area contributed by atoms with Gasteiger partial charge in [-0.1, -0.05) is 172 Å². The van der Waals surface area contributed by atoms with Crippen LogP contribution in [0, 0.1) is 0 Å². The highest BCUT2D eigenvalue weighted by Gasteiger charge is 2.54. The summed E-state index contributed by atoms with van der Waals surface area (Å²) in [5.74, 6) is 0. The first-order chi connectivity index (χ1) is 18.5. The van der Waals surface area contributed by atoms with Crippen LogP contribution in [0.5, 0.6) is 0 Å². The predicted molar refractivity (Wildman–Crippen MR) is 197 cm³/mol. The zero-order valence-corrected chi connectivity index (χ0v) is 33.3. The molecule has 3 rings (SSSR count). The van der Waals surface area contributed by atoms with Crippen LogP contribution in [0.3, 0.4) is 0 Å². The Morgan fingerprint density at radius 1 is 0.405 bits per heavy atom. The Kier molecular flexibility index (Phi) is 9.58. The molecule has 1 fully saturated rings. The molecule has 0 spiro atoms. The normalized spacial score (nSPS) is 18.9. The molecule has 1 saturated heterocycles. The fraction of sp³-hybridized carbons (Fsp3) is 0.632. The Hall–Kier alpha value is -0.380. The lowest BCUT2D eigenvalue weighted by atomic mass is 9.75. The van der Waals surface area contributed by atoms with Crippen LogP contribution in [0.15, 0.2) is 33.8 Å². The van der Waals surface area contributed by atoms with Gasteiger partial charge in [0.15, 0.2) is 0 Å². The summed E-state index contributed by atoms with van der Waals surface area (Å²) in [6, 6.07) is 10.0. The molecule has 0 amide bonds. The second-order valence-electron chi connectivity index (χ2n) is 18.5. The van der Waals surface area contributed by atoms with Crippen LogP contribution in [0.1, 0.15) is 158 Å². The standard InChI is InChI=1S/C38H58Cl2P2/c1-33(2,3)23-19-25(35(7,8)9)29(26(20-23)36(10,11)12)41-32(31(39)40)42(41)30-27(37(13,14)15)21-24(34(4,5)6)22-28(30)38(16,17)18/h19-22H,1-18H3. The van der Waals surface area contributed by atoms with Crippen LogP contribution >= 0.6 is 38.4 Å². The summed E-state index contributed by atoms with van der Waals surface area (Å²) in [7, 11) is -1.38. The Balaban J connectivity index is 2.56. The van der Waals surface area contributed by atoms with E-state index in [2.05, 4.69) is 149 Å². The number of hydrogen-bond acceptors (Lipinski definition) is 0. The first kappa shape index (κ1) is 36.1. The largest absolute Gasteiger partial charge is 0.116 e. The molecule has 0 aliphatic carbocycles. The molecule has 1 aliphatic rings. The van der Waals surface area contributed by atoms with Gasteiger partial charge in [-0.15, -0.1) is 0 Å². The summed E-state index contributed by atoms with van der Waals surface area (Å²) in [6.45, 7) is 42.5. The minimum absolute atomic E-state index is 0.0117. The first-order valence-corrected chi connectivity index (χ1v) is 19.7. The van der Waals surface area contributed by atoms with Crippen LogP contribution in [0.25, 0.3) is 0 Å². The van der Waals surface area contributed by atoms with Gasteiger partial charge in [0.25, 0.3) is 0 Å². The highest BCUT2D eigenvalue weighted by atomic mass is 35.5. The molecule has 1 aliphatic heterocycles. The van der Waals surface area contributed by atoms with E-state index in [0.29, 0.717) is 4.49 Å². The van der Waals surface area contributed by atoms with Gasteiger partial charge in [-0.05, 0) is 91.7 Å². The van der Waals surface area contributed by atoms with E-state index < -0.39 is 15.2 Å². The lowest BCUT2D eigenvalue weighted by Crippen LogP contribution is -2.31. The maximum atomic E-state index is 6.92. The average Bonchev–Trinajstić information content (AvgIpc) is 3.49. The summed E-state index contributed by atoms with van der Waals surface area (Å²) in [6.07, 6.45) is 0. The van der Waals surface area contributed by atoms with Crippen molar-refractivity contribution in [2.24, 2.45) is 0 Å². The monoisotopic (exact) mass is 646 g/mol. The van der Waals surface area contributed by atoms with Crippen molar-refractivity contribution in [2.45, 2.75) is 157 Å². The third-order valence-electron chi connectivity index (χ3n) is 8.34. The molecule has 0 nitrogen and oxygen atoms in total. The van der Waals surface area contributed by atoms with E-state index in [1.807, 2.05) is 0 Å². The summed E-state index contributed by atoms with van der Waals surface area (Å²) in [5, 5.41) is 4.36. The number of hydrogen-bond donors (Lipinski definition) is 0. The SMILES string of the molecule is CC(C)(C)c1cc(C(C)(C)C)c(P2C(=C(Cl)Cl)P2c2c(C(C)(C)C)cc(C(C)(C)C)cc2C(C)(C)C)c(C(C)(C)C)c1. The second kappa shape index (κ2) is 11.2. The van der Waals surface area contributed by atoms with E-state index >= 15 is 0 Å². The predicted octanol–water partition coefficient (Wildman–Crippen LogP) is 12.9. The molecule has 2 atom stereocenters. The molecule has 2 aromatic carbocycles. The van der Waals surface area contributed by atoms with Gasteiger partial charge in [0.05, 0.1) is 0 Å². The van der Waals surface area contributed by atoms with Crippen molar-refractivity contribution in [3.8, 4) is 0 Å². The van der Waals surface area contributed by atoms with Gasteiger partial charge in [-0.2, -0.15) is 0 Å². The van der Waals surface area contributed by atoms with Crippen molar-refractivity contribution < 1.29 is 0 Å². The van der Waals surface area contributed by atoms with Gasteiger partial charge in [0.2, 0.25) is 0 Å². The topological polar surface area (TPSA) is 0 Å². The number of halogens is 2. The van der Waals surface area contributed by atoms with Crippen molar-refractivity contribution in [3.05, 3.63) is 67.2 Å². The smallest absolute Gasteiger partial charge is 0.0701 e. The third kappa shape index (κ3) is 7.36. The van der Waals surface area contributed by atoms with Crippen LogP contribution < -0.4 is 10.6 Å². The molecule has 0 radical (unpaired) electrons. The van der Waals surface area contributed by atoms with Crippen molar-refractivity contribution in [1.29, 1.82) is 0 Å². The van der Waals surface area contributed by atoms with Crippen LogP contribution in [0.2, 0.25) is 0 Å². The maximum Gasteiger partial charge on any atom is 0.116 e. The summed E-state index contributed by atoms with van der Waals surface area (Å²) >= 11 is 13.8. The molecule has 0 aromatic heterocycles.